The molecule has 0 aliphatic rings. The smallest absolute Gasteiger partial charge is 0.323 e. The Morgan fingerprint density at radius 1 is 1.35 bits per heavy atom. The number of benzene rings is 1. The molecule has 2 aromatic heterocycles. The lowest BCUT2D eigenvalue weighted by molar-refractivity contribution is -0.137. The van der Waals surface area contributed by atoms with Gasteiger partial charge in [-0.15, -0.1) is 5.10 Å². The first kappa shape index (κ1) is 13.3. The number of rotatable bonds is 3. The summed E-state index contributed by atoms with van der Waals surface area (Å²) in [6, 6.07) is 3.19. The summed E-state index contributed by atoms with van der Waals surface area (Å²) >= 11 is 13.1. The van der Waals surface area contributed by atoms with E-state index in [4.69, 9.17) is 28.3 Å². The molecule has 0 fully saturated rings. The van der Waals surface area contributed by atoms with Gasteiger partial charge < -0.3 is 9.67 Å². The van der Waals surface area contributed by atoms with Gasteiger partial charge in [0.25, 0.3) is 0 Å². The number of carboxylic acid groups (broad SMARTS) is 1. The fourth-order valence-electron chi connectivity index (χ4n) is 1.87. The maximum absolute atomic E-state index is 11.0. The molecular formula is C11H6Cl2N4O2S. The fourth-order valence-corrected chi connectivity index (χ4v) is 2.62. The highest BCUT2D eigenvalue weighted by atomic mass is 35.5. The van der Waals surface area contributed by atoms with Crippen molar-refractivity contribution in [2.75, 3.05) is 0 Å². The molecule has 0 aliphatic carbocycles. The molecule has 0 atom stereocenters. The lowest BCUT2D eigenvalue weighted by Crippen LogP contribution is -2.10. The van der Waals surface area contributed by atoms with E-state index >= 15 is 0 Å². The molecular weight excluding hydrogens is 323 g/mol. The lowest BCUT2D eigenvalue weighted by atomic mass is 10.3. The molecule has 20 heavy (non-hydrogen) atoms. The van der Waals surface area contributed by atoms with Crippen LogP contribution in [0.3, 0.4) is 0 Å². The summed E-state index contributed by atoms with van der Waals surface area (Å²) < 4.78 is 5.29. The van der Waals surface area contributed by atoms with Crippen LogP contribution in [0.4, 0.5) is 0 Å². The Hall–Kier alpha value is -1.70. The van der Waals surface area contributed by atoms with Crippen molar-refractivity contribution in [1.82, 2.24) is 19.1 Å². The Morgan fingerprint density at radius 3 is 2.75 bits per heavy atom. The van der Waals surface area contributed by atoms with Gasteiger partial charge in [0.2, 0.25) is 0 Å². The zero-order valence-electron chi connectivity index (χ0n) is 9.75. The molecule has 1 N–H and O–H groups in total. The molecule has 102 valence electrons. The Morgan fingerprint density at radius 2 is 2.10 bits per heavy atom. The van der Waals surface area contributed by atoms with E-state index in [1.165, 1.54) is 4.57 Å². The highest BCUT2D eigenvalue weighted by molar-refractivity contribution is 7.03. The van der Waals surface area contributed by atoms with Crippen LogP contribution in [0.15, 0.2) is 17.5 Å². The van der Waals surface area contributed by atoms with Gasteiger partial charge >= 0.3 is 5.97 Å². The first-order valence-corrected chi connectivity index (χ1v) is 7.00. The predicted molar refractivity (Wildman–Crippen MR) is 76.3 cm³/mol. The van der Waals surface area contributed by atoms with Crippen LogP contribution in [0.25, 0.3) is 22.6 Å². The van der Waals surface area contributed by atoms with Crippen LogP contribution in [-0.2, 0) is 11.3 Å². The molecule has 0 aliphatic heterocycles. The molecule has 0 radical (unpaired) electrons. The monoisotopic (exact) mass is 328 g/mol. The maximum atomic E-state index is 11.0. The summed E-state index contributed by atoms with van der Waals surface area (Å²) in [5.41, 5.74) is 1.66. The Balaban J connectivity index is 2.30. The molecule has 0 unspecified atom stereocenters. The third-order valence-corrected chi connectivity index (χ3v) is 3.90. The number of nitrogens with zero attached hydrogens (tertiary/aromatic N) is 4. The van der Waals surface area contributed by atoms with Crippen molar-refractivity contribution in [2.45, 2.75) is 6.54 Å². The fraction of sp³-hybridized carbons (Fsp3) is 0.0909. The zero-order valence-corrected chi connectivity index (χ0v) is 12.1. The van der Waals surface area contributed by atoms with Crippen LogP contribution in [0.2, 0.25) is 10.0 Å². The number of halogens is 2. The second-order valence-corrected chi connectivity index (χ2v) is 5.38. The van der Waals surface area contributed by atoms with Crippen molar-refractivity contribution < 1.29 is 9.90 Å². The van der Waals surface area contributed by atoms with E-state index in [-0.39, 0.29) is 6.54 Å². The topological polar surface area (TPSA) is 80.9 Å². The molecule has 6 nitrogen and oxygen atoms in total. The first-order valence-electron chi connectivity index (χ1n) is 5.41. The van der Waals surface area contributed by atoms with Gasteiger partial charge in [-0.05, 0) is 23.7 Å². The van der Waals surface area contributed by atoms with Crippen LogP contribution in [-0.4, -0.2) is 30.2 Å². The number of hydrogen-bond acceptors (Lipinski definition) is 5. The van der Waals surface area contributed by atoms with Crippen LogP contribution in [0, 0.1) is 0 Å². The van der Waals surface area contributed by atoms with Crippen molar-refractivity contribution in [3.05, 3.63) is 27.6 Å². The number of aliphatic carboxylic acids is 1. The Labute approximate surface area is 126 Å². The van der Waals surface area contributed by atoms with Crippen molar-refractivity contribution in [1.29, 1.82) is 0 Å². The minimum Gasteiger partial charge on any atom is -0.480 e. The van der Waals surface area contributed by atoms with Crippen LogP contribution < -0.4 is 0 Å². The molecule has 9 heteroatoms. The molecule has 3 rings (SSSR count). The van der Waals surface area contributed by atoms with Gasteiger partial charge in [-0.2, -0.15) is 0 Å². The summed E-state index contributed by atoms with van der Waals surface area (Å²) in [6.07, 6.45) is 0. The van der Waals surface area contributed by atoms with Gasteiger partial charge in [0.05, 0.1) is 21.1 Å². The second kappa shape index (κ2) is 5.01. The summed E-state index contributed by atoms with van der Waals surface area (Å²) in [7, 11) is 0. The molecule has 2 heterocycles. The van der Waals surface area contributed by atoms with E-state index in [2.05, 4.69) is 14.6 Å². The molecule has 0 spiro atoms. The van der Waals surface area contributed by atoms with Crippen LogP contribution in [0.5, 0.6) is 0 Å². The highest BCUT2D eigenvalue weighted by Crippen LogP contribution is 2.31. The van der Waals surface area contributed by atoms with Crippen molar-refractivity contribution in [3.8, 4) is 11.5 Å². The van der Waals surface area contributed by atoms with Gasteiger partial charge in [-0.25, -0.2) is 4.98 Å². The van der Waals surface area contributed by atoms with E-state index in [1.807, 2.05) is 0 Å². The van der Waals surface area contributed by atoms with Crippen molar-refractivity contribution >= 4 is 51.7 Å². The third kappa shape index (κ3) is 2.24. The number of carboxylic acids is 1. The number of aromatic nitrogens is 4. The lowest BCUT2D eigenvalue weighted by Gasteiger charge is -2.04. The molecule has 1 aromatic carbocycles. The average Bonchev–Trinajstić information content (AvgIpc) is 2.99. The average molecular weight is 329 g/mol. The zero-order chi connectivity index (χ0) is 14.3. The molecule has 0 amide bonds. The van der Waals surface area contributed by atoms with Gasteiger partial charge in [-0.3, -0.25) is 4.79 Å². The normalized spacial score (nSPS) is 11.1. The molecule has 3 aromatic rings. The summed E-state index contributed by atoms with van der Waals surface area (Å²) in [4.78, 5) is 15.4. The van der Waals surface area contributed by atoms with Crippen LogP contribution in [0.1, 0.15) is 0 Å². The summed E-state index contributed by atoms with van der Waals surface area (Å²) in [5.74, 6) is -0.561. The molecule has 0 saturated heterocycles. The van der Waals surface area contributed by atoms with Crippen molar-refractivity contribution in [3.63, 3.8) is 0 Å². The van der Waals surface area contributed by atoms with Crippen LogP contribution >= 0.6 is 34.7 Å². The standard InChI is InChI=1S/C11H6Cl2N4O2S/c12-5-1-7-9(2-6(5)13)17(3-10(18)19)11(14-7)8-4-20-16-15-8/h1-2,4H,3H2,(H,18,19). The minimum absolute atomic E-state index is 0.249. The summed E-state index contributed by atoms with van der Waals surface area (Å²) in [5, 5.41) is 15.4. The molecule has 0 bridgehead atoms. The summed E-state index contributed by atoms with van der Waals surface area (Å²) in [6.45, 7) is -0.249. The van der Waals surface area contributed by atoms with E-state index in [0.717, 1.165) is 11.5 Å². The van der Waals surface area contributed by atoms with E-state index in [9.17, 15) is 4.79 Å². The maximum Gasteiger partial charge on any atom is 0.323 e. The Bertz CT molecular complexity index is 800. The van der Waals surface area contributed by atoms with Crippen molar-refractivity contribution in [2.24, 2.45) is 0 Å². The second-order valence-electron chi connectivity index (χ2n) is 3.96. The van der Waals surface area contributed by atoms with E-state index in [0.29, 0.717) is 32.6 Å². The number of imidazole rings is 1. The first-order chi connectivity index (χ1) is 9.56. The largest absolute Gasteiger partial charge is 0.480 e. The number of fused-ring (bicyclic) bond motifs is 1. The van der Waals surface area contributed by atoms with E-state index < -0.39 is 5.97 Å². The van der Waals surface area contributed by atoms with Gasteiger partial charge in [0.15, 0.2) is 5.82 Å². The predicted octanol–water partition coefficient (Wildman–Crippen LogP) is 2.95. The van der Waals surface area contributed by atoms with Gasteiger partial charge in [-0.1, -0.05) is 27.7 Å². The minimum atomic E-state index is -0.986. The number of hydrogen-bond donors (Lipinski definition) is 1. The third-order valence-electron chi connectivity index (χ3n) is 2.67. The Kier molecular flexibility index (Phi) is 3.33. The SMILES string of the molecule is O=C(O)Cn1c(-c2csnn2)nc2cc(Cl)c(Cl)cc21. The van der Waals surface area contributed by atoms with Gasteiger partial charge in [0.1, 0.15) is 12.2 Å². The van der Waals surface area contributed by atoms with E-state index in [1.54, 1.807) is 17.5 Å². The quantitative estimate of drug-likeness (QED) is 0.799. The van der Waals surface area contributed by atoms with Gasteiger partial charge in [0, 0.05) is 5.38 Å². The number of carbonyl (C=O) groups is 1. The molecule has 0 saturated carbocycles. The highest BCUT2D eigenvalue weighted by Gasteiger charge is 2.18.